The fourth-order valence-electron chi connectivity index (χ4n) is 1.39. The summed E-state index contributed by atoms with van der Waals surface area (Å²) in [4.78, 5) is 11.0. The lowest BCUT2D eigenvalue weighted by molar-refractivity contribution is -0.125. The molecular weight excluding hydrogens is 126 g/mol. The largest absolute Gasteiger partial charge is 0.359 e. The van der Waals surface area contributed by atoms with E-state index in [-0.39, 0.29) is 11.8 Å². The van der Waals surface area contributed by atoms with Gasteiger partial charge in [0.25, 0.3) is 0 Å². The van der Waals surface area contributed by atoms with Gasteiger partial charge in [-0.05, 0) is 19.3 Å². The second kappa shape index (κ2) is 3.59. The molecule has 1 unspecified atom stereocenters. The summed E-state index contributed by atoms with van der Waals surface area (Å²) in [7, 11) is 1.71. The molecule has 0 heterocycles. The van der Waals surface area contributed by atoms with Crippen molar-refractivity contribution in [2.75, 3.05) is 7.05 Å². The second-order valence-electron chi connectivity index (χ2n) is 2.77. The molecule has 1 atom stereocenters. The zero-order valence-electron chi connectivity index (χ0n) is 6.39. The third kappa shape index (κ3) is 1.72. The van der Waals surface area contributed by atoms with Gasteiger partial charge in [-0.3, -0.25) is 4.79 Å². The number of carbonyl (C=O) groups excluding carboxylic acids is 1. The van der Waals surface area contributed by atoms with Crippen LogP contribution >= 0.6 is 0 Å². The molecule has 0 aromatic rings. The van der Waals surface area contributed by atoms with Gasteiger partial charge in [-0.2, -0.15) is 0 Å². The van der Waals surface area contributed by atoms with E-state index < -0.39 is 0 Å². The van der Waals surface area contributed by atoms with E-state index in [0.29, 0.717) is 0 Å². The Hall–Kier alpha value is -0.530. The minimum absolute atomic E-state index is 0.205. The molecule has 1 saturated carbocycles. The van der Waals surface area contributed by atoms with Crippen LogP contribution in [-0.4, -0.2) is 13.0 Å². The molecule has 2 heteroatoms. The number of hydrogen-bond donors (Lipinski definition) is 1. The van der Waals surface area contributed by atoms with Crippen LogP contribution in [0.5, 0.6) is 0 Å². The van der Waals surface area contributed by atoms with Gasteiger partial charge >= 0.3 is 0 Å². The Morgan fingerprint density at radius 1 is 1.70 bits per heavy atom. The molecule has 1 rings (SSSR count). The zero-order chi connectivity index (χ0) is 7.40. The van der Waals surface area contributed by atoms with Crippen molar-refractivity contribution in [2.24, 2.45) is 5.92 Å². The van der Waals surface area contributed by atoms with Crippen molar-refractivity contribution >= 4 is 5.91 Å². The second-order valence-corrected chi connectivity index (χ2v) is 2.77. The van der Waals surface area contributed by atoms with Crippen LogP contribution < -0.4 is 5.32 Å². The molecule has 0 aromatic carbocycles. The number of nitrogens with one attached hydrogen (secondary N) is 1. The van der Waals surface area contributed by atoms with E-state index in [4.69, 9.17) is 0 Å². The van der Waals surface area contributed by atoms with Crippen LogP contribution in [0.3, 0.4) is 0 Å². The summed E-state index contributed by atoms with van der Waals surface area (Å²) in [5.74, 6) is 0.467. The lowest BCUT2D eigenvalue weighted by Gasteiger charge is -2.19. The first-order valence-corrected chi connectivity index (χ1v) is 3.88. The Kier molecular flexibility index (Phi) is 2.72. The average Bonchev–Trinajstić information content (AvgIpc) is 2.05. The van der Waals surface area contributed by atoms with E-state index in [2.05, 4.69) is 11.7 Å². The Morgan fingerprint density at radius 3 is 3.00 bits per heavy atom. The predicted octanol–water partition coefficient (Wildman–Crippen LogP) is 1.13. The van der Waals surface area contributed by atoms with Crippen molar-refractivity contribution in [3.8, 4) is 0 Å². The Labute approximate surface area is 62.0 Å². The van der Waals surface area contributed by atoms with Gasteiger partial charge in [-0.1, -0.05) is 12.8 Å². The first-order chi connectivity index (χ1) is 4.84. The number of carbonyl (C=O) groups is 1. The van der Waals surface area contributed by atoms with E-state index in [1.165, 1.54) is 12.8 Å². The van der Waals surface area contributed by atoms with E-state index in [9.17, 15) is 4.79 Å². The molecule has 1 radical (unpaired) electrons. The van der Waals surface area contributed by atoms with E-state index >= 15 is 0 Å². The van der Waals surface area contributed by atoms with Crippen molar-refractivity contribution in [3.05, 3.63) is 6.42 Å². The third-order valence-electron chi connectivity index (χ3n) is 2.03. The molecule has 1 aliphatic rings. The Morgan fingerprint density at radius 2 is 2.50 bits per heavy atom. The molecule has 0 aliphatic heterocycles. The highest BCUT2D eigenvalue weighted by Gasteiger charge is 2.19. The van der Waals surface area contributed by atoms with Crippen LogP contribution in [0.15, 0.2) is 0 Å². The molecule has 0 saturated heterocycles. The fourth-order valence-corrected chi connectivity index (χ4v) is 1.39. The van der Waals surface area contributed by atoms with Gasteiger partial charge in [-0.15, -0.1) is 0 Å². The third-order valence-corrected chi connectivity index (χ3v) is 2.03. The summed E-state index contributed by atoms with van der Waals surface area (Å²) in [6.45, 7) is 0. The van der Waals surface area contributed by atoms with Crippen molar-refractivity contribution in [2.45, 2.75) is 25.7 Å². The van der Waals surface area contributed by atoms with Crippen LogP contribution in [-0.2, 0) is 4.79 Å². The minimum atomic E-state index is 0.205. The van der Waals surface area contributed by atoms with Crippen LogP contribution in [0.4, 0.5) is 0 Å². The Bertz CT molecular complexity index is 116. The molecule has 1 amide bonds. The van der Waals surface area contributed by atoms with Gasteiger partial charge in [0.15, 0.2) is 0 Å². The standard InChI is InChI=1S/C8H14NO/c1-9-8(10)7-5-3-2-4-6-7/h3,7H,2,4-6H2,1H3,(H,9,10). The zero-order valence-corrected chi connectivity index (χ0v) is 6.39. The molecule has 57 valence electrons. The van der Waals surface area contributed by atoms with Gasteiger partial charge in [0.05, 0.1) is 0 Å². The molecule has 10 heavy (non-hydrogen) atoms. The van der Waals surface area contributed by atoms with Crippen molar-refractivity contribution in [3.63, 3.8) is 0 Å². The van der Waals surface area contributed by atoms with Crippen LogP contribution in [0.2, 0.25) is 0 Å². The molecule has 1 fully saturated rings. The Balaban J connectivity index is 2.31. The van der Waals surface area contributed by atoms with E-state index in [1.807, 2.05) is 0 Å². The molecule has 0 bridgehead atoms. The van der Waals surface area contributed by atoms with Crippen LogP contribution in [0.25, 0.3) is 0 Å². The summed E-state index contributed by atoms with van der Waals surface area (Å²) in [6, 6.07) is 0. The van der Waals surface area contributed by atoms with Gasteiger partial charge < -0.3 is 5.32 Å². The molecule has 0 aromatic heterocycles. The first-order valence-electron chi connectivity index (χ1n) is 3.88. The van der Waals surface area contributed by atoms with Gasteiger partial charge in [0.1, 0.15) is 0 Å². The number of amides is 1. The molecule has 0 spiro atoms. The van der Waals surface area contributed by atoms with Crippen LogP contribution in [0, 0.1) is 12.3 Å². The summed E-state index contributed by atoms with van der Waals surface area (Å²) in [5, 5.41) is 2.68. The average molecular weight is 140 g/mol. The van der Waals surface area contributed by atoms with Crippen molar-refractivity contribution < 1.29 is 4.79 Å². The summed E-state index contributed by atoms with van der Waals surface area (Å²) in [6.07, 6.45) is 6.62. The normalized spacial score (nSPS) is 20.5. The molecule has 2 nitrogen and oxygen atoms in total. The van der Waals surface area contributed by atoms with E-state index in [0.717, 1.165) is 12.8 Å². The maximum atomic E-state index is 11.0. The fraction of sp³-hybridized carbons (Fsp3) is 0.750. The first kappa shape index (κ1) is 7.58. The lowest BCUT2D eigenvalue weighted by Crippen LogP contribution is -2.28. The summed E-state index contributed by atoms with van der Waals surface area (Å²) < 4.78 is 0. The number of rotatable bonds is 1. The topological polar surface area (TPSA) is 29.1 Å². The lowest BCUT2D eigenvalue weighted by atomic mass is 9.89. The highest BCUT2D eigenvalue weighted by molar-refractivity contribution is 5.78. The van der Waals surface area contributed by atoms with Crippen molar-refractivity contribution in [1.29, 1.82) is 0 Å². The molecule has 1 aliphatic carbocycles. The minimum Gasteiger partial charge on any atom is -0.359 e. The predicted molar refractivity (Wildman–Crippen MR) is 40.3 cm³/mol. The van der Waals surface area contributed by atoms with E-state index in [1.54, 1.807) is 7.05 Å². The highest BCUT2D eigenvalue weighted by Crippen LogP contribution is 2.22. The summed E-state index contributed by atoms with van der Waals surface area (Å²) in [5.41, 5.74) is 0. The van der Waals surface area contributed by atoms with Crippen molar-refractivity contribution in [1.82, 2.24) is 5.32 Å². The van der Waals surface area contributed by atoms with Gasteiger partial charge in [0, 0.05) is 13.0 Å². The molecule has 1 N–H and O–H groups in total. The highest BCUT2D eigenvalue weighted by atomic mass is 16.1. The number of hydrogen-bond acceptors (Lipinski definition) is 1. The monoisotopic (exact) mass is 140 g/mol. The molecular formula is C8H14NO. The maximum absolute atomic E-state index is 11.0. The van der Waals surface area contributed by atoms with Gasteiger partial charge in [0.2, 0.25) is 5.91 Å². The maximum Gasteiger partial charge on any atom is 0.222 e. The van der Waals surface area contributed by atoms with Gasteiger partial charge in [-0.25, -0.2) is 0 Å². The quantitative estimate of drug-likeness (QED) is 0.581. The smallest absolute Gasteiger partial charge is 0.222 e. The SMILES string of the molecule is CNC(=O)C1C[CH]CCC1. The van der Waals surface area contributed by atoms with Crippen LogP contribution in [0.1, 0.15) is 25.7 Å². The summed E-state index contributed by atoms with van der Waals surface area (Å²) >= 11 is 0.